The van der Waals surface area contributed by atoms with Crippen molar-refractivity contribution in [3.8, 4) is 0 Å². The van der Waals surface area contributed by atoms with Crippen LogP contribution in [0.4, 0.5) is 0 Å². The lowest BCUT2D eigenvalue weighted by Crippen LogP contribution is -2.27. The summed E-state index contributed by atoms with van der Waals surface area (Å²) in [7, 11) is 0. The summed E-state index contributed by atoms with van der Waals surface area (Å²) in [5.74, 6) is 0. The Morgan fingerprint density at radius 1 is 1.38 bits per heavy atom. The van der Waals surface area contributed by atoms with Crippen LogP contribution in [0.5, 0.6) is 0 Å². The van der Waals surface area contributed by atoms with Crippen LogP contribution in [0.1, 0.15) is 46.0 Å². The summed E-state index contributed by atoms with van der Waals surface area (Å²) < 4.78 is 0. The summed E-state index contributed by atoms with van der Waals surface area (Å²) in [6, 6.07) is 0. The van der Waals surface area contributed by atoms with Gasteiger partial charge in [0.25, 0.3) is 0 Å². The van der Waals surface area contributed by atoms with E-state index in [2.05, 4.69) is 16.9 Å². The van der Waals surface area contributed by atoms with Gasteiger partial charge in [-0.3, -0.25) is 0 Å². The SMILES string of the molecule is CCCCCCC(C)(O)CN=[N+]=[N-]. The first-order chi connectivity index (χ1) is 6.12. The van der Waals surface area contributed by atoms with Crippen molar-refractivity contribution in [2.24, 2.45) is 5.11 Å². The number of hydrogen-bond acceptors (Lipinski definition) is 2. The van der Waals surface area contributed by atoms with Gasteiger partial charge in [0.2, 0.25) is 0 Å². The van der Waals surface area contributed by atoms with Crippen molar-refractivity contribution in [2.45, 2.75) is 51.6 Å². The molecule has 0 amide bonds. The molecule has 0 radical (unpaired) electrons. The van der Waals surface area contributed by atoms with E-state index in [4.69, 9.17) is 5.53 Å². The van der Waals surface area contributed by atoms with Crippen molar-refractivity contribution in [3.05, 3.63) is 10.4 Å². The van der Waals surface area contributed by atoms with Crippen molar-refractivity contribution < 1.29 is 5.11 Å². The van der Waals surface area contributed by atoms with Gasteiger partial charge < -0.3 is 5.11 Å². The van der Waals surface area contributed by atoms with Crippen molar-refractivity contribution in [1.29, 1.82) is 0 Å². The van der Waals surface area contributed by atoms with E-state index in [1.807, 2.05) is 0 Å². The van der Waals surface area contributed by atoms with Gasteiger partial charge in [0.1, 0.15) is 0 Å². The predicted molar refractivity (Wildman–Crippen MR) is 53.4 cm³/mol. The van der Waals surface area contributed by atoms with Crippen molar-refractivity contribution in [3.63, 3.8) is 0 Å². The zero-order chi connectivity index (χ0) is 10.2. The predicted octanol–water partition coefficient (Wildman–Crippen LogP) is 3.02. The Morgan fingerprint density at radius 3 is 2.62 bits per heavy atom. The molecule has 0 spiro atoms. The van der Waals surface area contributed by atoms with Gasteiger partial charge >= 0.3 is 0 Å². The van der Waals surface area contributed by atoms with E-state index in [0.29, 0.717) is 6.42 Å². The third-order valence-electron chi connectivity index (χ3n) is 2.04. The molecule has 0 aliphatic rings. The van der Waals surface area contributed by atoms with Crippen LogP contribution in [-0.2, 0) is 0 Å². The quantitative estimate of drug-likeness (QED) is 0.281. The molecular formula is C9H19N3O. The van der Waals surface area contributed by atoms with E-state index in [-0.39, 0.29) is 6.54 Å². The highest BCUT2D eigenvalue weighted by atomic mass is 16.3. The van der Waals surface area contributed by atoms with Crippen molar-refractivity contribution >= 4 is 0 Å². The number of aliphatic hydroxyl groups is 1. The highest BCUT2D eigenvalue weighted by molar-refractivity contribution is 4.75. The van der Waals surface area contributed by atoms with Crippen LogP contribution in [0, 0.1) is 0 Å². The van der Waals surface area contributed by atoms with E-state index in [0.717, 1.165) is 12.8 Å². The monoisotopic (exact) mass is 185 g/mol. The molecule has 0 saturated heterocycles. The Balaban J connectivity index is 3.55. The lowest BCUT2D eigenvalue weighted by atomic mass is 9.98. The van der Waals surface area contributed by atoms with Gasteiger partial charge in [-0.1, -0.05) is 37.7 Å². The van der Waals surface area contributed by atoms with Crippen molar-refractivity contribution in [2.75, 3.05) is 6.54 Å². The first kappa shape index (κ1) is 12.3. The first-order valence-corrected chi connectivity index (χ1v) is 4.85. The summed E-state index contributed by atoms with van der Waals surface area (Å²) in [5.41, 5.74) is 7.27. The molecule has 4 heteroatoms. The van der Waals surface area contributed by atoms with E-state index >= 15 is 0 Å². The minimum absolute atomic E-state index is 0.176. The molecule has 0 heterocycles. The maximum atomic E-state index is 9.68. The van der Waals surface area contributed by atoms with Gasteiger partial charge in [0, 0.05) is 4.91 Å². The van der Waals surface area contributed by atoms with Crippen LogP contribution in [0.25, 0.3) is 10.4 Å². The summed E-state index contributed by atoms with van der Waals surface area (Å²) in [6.45, 7) is 4.04. The first-order valence-electron chi connectivity index (χ1n) is 4.85. The third-order valence-corrected chi connectivity index (χ3v) is 2.04. The fourth-order valence-electron chi connectivity index (χ4n) is 1.20. The zero-order valence-electron chi connectivity index (χ0n) is 8.53. The highest BCUT2D eigenvalue weighted by Gasteiger charge is 2.17. The number of hydrogen-bond donors (Lipinski definition) is 1. The Bertz CT molecular complexity index is 174. The molecule has 76 valence electrons. The van der Waals surface area contributed by atoms with E-state index in [9.17, 15) is 5.11 Å². The molecule has 0 fully saturated rings. The van der Waals surface area contributed by atoms with Gasteiger partial charge in [-0.25, -0.2) is 0 Å². The number of nitrogens with zero attached hydrogens (tertiary/aromatic N) is 3. The van der Waals surface area contributed by atoms with Crippen LogP contribution in [0.3, 0.4) is 0 Å². The third kappa shape index (κ3) is 7.62. The Labute approximate surface area is 79.6 Å². The van der Waals surface area contributed by atoms with Gasteiger partial charge in [0.05, 0.1) is 12.1 Å². The summed E-state index contributed by atoms with van der Waals surface area (Å²) in [4.78, 5) is 2.63. The number of rotatable bonds is 7. The highest BCUT2D eigenvalue weighted by Crippen LogP contribution is 2.15. The molecule has 13 heavy (non-hydrogen) atoms. The molecule has 0 aliphatic heterocycles. The van der Waals surface area contributed by atoms with E-state index in [1.54, 1.807) is 6.92 Å². The van der Waals surface area contributed by atoms with E-state index < -0.39 is 5.60 Å². The normalized spacial score (nSPS) is 14.7. The minimum atomic E-state index is -0.819. The maximum Gasteiger partial charge on any atom is 0.0676 e. The molecule has 0 aromatic heterocycles. The van der Waals surface area contributed by atoms with Crippen LogP contribution >= 0.6 is 0 Å². The maximum absolute atomic E-state index is 9.68. The Hall–Kier alpha value is -0.730. The lowest BCUT2D eigenvalue weighted by Gasteiger charge is -2.20. The summed E-state index contributed by atoms with van der Waals surface area (Å²) >= 11 is 0. The standard InChI is InChI=1S/C9H19N3O/c1-3-4-5-6-7-9(2,13)8-11-12-10/h13H,3-8H2,1-2H3. The van der Waals surface area contributed by atoms with Gasteiger partial charge in [-0.05, 0) is 18.9 Å². The topological polar surface area (TPSA) is 69.0 Å². The molecular weight excluding hydrogens is 166 g/mol. The van der Waals surface area contributed by atoms with Gasteiger partial charge in [-0.2, -0.15) is 0 Å². The second kappa shape index (κ2) is 6.75. The number of azide groups is 1. The average Bonchev–Trinajstić information content (AvgIpc) is 2.09. The van der Waals surface area contributed by atoms with Gasteiger partial charge in [0.15, 0.2) is 0 Å². The molecule has 0 aromatic carbocycles. The smallest absolute Gasteiger partial charge is 0.0676 e. The molecule has 0 aromatic rings. The Kier molecular flexibility index (Phi) is 6.37. The van der Waals surface area contributed by atoms with Crippen LogP contribution in [-0.4, -0.2) is 17.3 Å². The zero-order valence-corrected chi connectivity index (χ0v) is 8.53. The molecule has 1 N–H and O–H groups in total. The molecule has 0 rings (SSSR count). The molecule has 0 aliphatic carbocycles. The second-order valence-electron chi connectivity index (χ2n) is 3.70. The van der Waals surface area contributed by atoms with Gasteiger partial charge in [-0.15, -0.1) is 0 Å². The van der Waals surface area contributed by atoms with Crippen LogP contribution in [0.15, 0.2) is 5.11 Å². The fraction of sp³-hybridized carbons (Fsp3) is 1.00. The molecule has 1 atom stereocenters. The fourth-order valence-corrected chi connectivity index (χ4v) is 1.20. The average molecular weight is 185 g/mol. The Morgan fingerprint density at radius 2 is 2.08 bits per heavy atom. The largest absolute Gasteiger partial charge is 0.390 e. The summed E-state index contributed by atoms with van der Waals surface area (Å²) in [6.07, 6.45) is 5.26. The van der Waals surface area contributed by atoms with Crippen LogP contribution in [0.2, 0.25) is 0 Å². The van der Waals surface area contributed by atoms with Crippen LogP contribution < -0.4 is 0 Å². The minimum Gasteiger partial charge on any atom is -0.390 e. The molecule has 4 nitrogen and oxygen atoms in total. The summed E-state index contributed by atoms with van der Waals surface area (Å²) in [5, 5.41) is 13.1. The molecule has 0 saturated carbocycles. The lowest BCUT2D eigenvalue weighted by molar-refractivity contribution is 0.0572. The van der Waals surface area contributed by atoms with Crippen molar-refractivity contribution in [1.82, 2.24) is 0 Å². The number of unbranched alkanes of at least 4 members (excludes halogenated alkanes) is 3. The second-order valence-corrected chi connectivity index (χ2v) is 3.70. The van der Waals surface area contributed by atoms with E-state index in [1.165, 1.54) is 12.8 Å². The molecule has 0 bridgehead atoms. The molecule has 1 unspecified atom stereocenters.